The largest absolute Gasteiger partial charge is 0.493 e. The number of ether oxygens (including phenoxy) is 5. The summed E-state index contributed by atoms with van der Waals surface area (Å²) in [6.45, 7) is 0.913. The van der Waals surface area contributed by atoms with Crippen LogP contribution < -0.4 is 24.5 Å². The molecule has 2 heterocycles. The molecule has 14 nitrogen and oxygen atoms in total. The maximum absolute atomic E-state index is 14.2. The van der Waals surface area contributed by atoms with E-state index >= 15 is 0 Å². The molecule has 0 radical (unpaired) electrons. The molecule has 1 aliphatic heterocycles. The molecule has 0 unspecified atom stereocenters. The monoisotopic (exact) mass is 671 g/mol. The first-order valence-corrected chi connectivity index (χ1v) is 16.7. The van der Waals surface area contributed by atoms with Crippen molar-refractivity contribution in [2.75, 3.05) is 67.6 Å². The molecule has 252 valence electrons. The Hall–Kier alpha value is -4.60. The van der Waals surface area contributed by atoms with Gasteiger partial charge >= 0.3 is 12.1 Å². The van der Waals surface area contributed by atoms with E-state index in [9.17, 15) is 22.8 Å². The highest BCUT2D eigenvalue weighted by molar-refractivity contribution is 7.85. The Bertz CT molecular complexity index is 2010. The van der Waals surface area contributed by atoms with Crippen molar-refractivity contribution >= 4 is 54.6 Å². The van der Waals surface area contributed by atoms with Crippen LogP contribution in [0.5, 0.6) is 23.0 Å². The van der Waals surface area contributed by atoms with Crippen LogP contribution in [0.4, 0.5) is 4.79 Å². The van der Waals surface area contributed by atoms with Gasteiger partial charge in [-0.1, -0.05) is 12.1 Å². The molecule has 0 spiro atoms. The van der Waals surface area contributed by atoms with Crippen molar-refractivity contribution in [1.29, 1.82) is 0 Å². The number of fused-ring (bicyclic) bond motifs is 6. The van der Waals surface area contributed by atoms with E-state index in [0.717, 1.165) is 27.9 Å². The van der Waals surface area contributed by atoms with E-state index in [2.05, 4.69) is 4.18 Å². The van der Waals surface area contributed by atoms with Crippen molar-refractivity contribution in [3.8, 4) is 23.0 Å². The number of carbonyl (C=O) groups is 2. The lowest BCUT2D eigenvalue weighted by Gasteiger charge is -2.20. The first-order chi connectivity index (χ1) is 22.4. The number of carbonyl (C=O) groups excluding carboxylic acids is 2. The van der Waals surface area contributed by atoms with Gasteiger partial charge in [0.2, 0.25) is 6.79 Å². The topological polar surface area (TPSA) is 152 Å². The molecule has 15 heteroatoms. The molecule has 5 rings (SSSR count). The third-order valence-electron chi connectivity index (χ3n) is 7.62. The Morgan fingerprint density at radius 3 is 2.34 bits per heavy atom. The quantitative estimate of drug-likeness (QED) is 0.0887. The van der Waals surface area contributed by atoms with Gasteiger partial charge in [0.1, 0.15) is 6.61 Å². The zero-order chi connectivity index (χ0) is 33.9. The molecule has 47 heavy (non-hydrogen) atoms. The van der Waals surface area contributed by atoms with Gasteiger partial charge in [-0.3, -0.25) is 13.8 Å². The van der Waals surface area contributed by atoms with Crippen LogP contribution in [0.2, 0.25) is 0 Å². The molecule has 1 aromatic heterocycles. The summed E-state index contributed by atoms with van der Waals surface area (Å²) in [4.78, 5) is 42.3. The van der Waals surface area contributed by atoms with Crippen LogP contribution in [0.15, 0.2) is 41.2 Å². The number of nitrogens with zero attached hydrogens (tertiary/aromatic N) is 3. The SMILES string of the molecule is COc1cc2c(cc1OC(=O)N(C)CCOC(=O)CCCOS(C)(=O)=O)c(=O)n(CCN(C)C)c1c3cc4c(cc3ccc21)OCO4. The first kappa shape index (κ1) is 33.8. The Morgan fingerprint density at radius 2 is 1.64 bits per heavy atom. The van der Waals surface area contributed by atoms with Gasteiger partial charge in [0.15, 0.2) is 23.0 Å². The Labute approximate surface area is 271 Å². The summed E-state index contributed by atoms with van der Waals surface area (Å²) in [5.74, 6) is 0.998. The molecule has 0 saturated heterocycles. The van der Waals surface area contributed by atoms with Crippen LogP contribution in [0.1, 0.15) is 12.8 Å². The Morgan fingerprint density at radius 1 is 0.915 bits per heavy atom. The van der Waals surface area contributed by atoms with Gasteiger partial charge in [0.25, 0.3) is 15.7 Å². The normalized spacial score (nSPS) is 12.6. The molecule has 3 aromatic carbocycles. The lowest BCUT2D eigenvalue weighted by molar-refractivity contribution is -0.144. The number of methoxy groups -OCH3 is 1. The van der Waals surface area contributed by atoms with Gasteiger partial charge in [-0.05, 0) is 50.2 Å². The van der Waals surface area contributed by atoms with Crippen LogP contribution in [-0.4, -0.2) is 102 Å². The summed E-state index contributed by atoms with van der Waals surface area (Å²) in [7, 11) is 3.20. The highest BCUT2D eigenvalue weighted by Gasteiger charge is 2.22. The second kappa shape index (κ2) is 14.0. The summed E-state index contributed by atoms with van der Waals surface area (Å²) in [6.07, 6.45) is 0.296. The number of amides is 1. The fraction of sp³-hybridized carbons (Fsp3) is 0.406. The zero-order valence-electron chi connectivity index (χ0n) is 26.9. The minimum atomic E-state index is -3.58. The highest BCUT2D eigenvalue weighted by Crippen LogP contribution is 2.41. The molecule has 0 bridgehead atoms. The number of hydrogen-bond donors (Lipinski definition) is 0. The van der Waals surface area contributed by atoms with Gasteiger partial charge in [-0.15, -0.1) is 0 Å². The van der Waals surface area contributed by atoms with Crippen LogP contribution >= 0.6 is 0 Å². The van der Waals surface area contributed by atoms with E-state index < -0.39 is 22.2 Å². The third kappa shape index (κ3) is 7.69. The predicted octanol–water partition coefficient (Wildman–Crippen LogP) is 3.34. The first-order valence-electron chi connectivity index (χ1n) is 14.8. The van der Waals surface area contributed by atoms with Gasteiger partial charge in [-0.2, -0.15) is 8.42 Å². The minimum absolute atomic E-state index is 0.0216. The van der Waals surface area contributed by atoms with Crippen molar-refractivity contribution in [1.82, 2.24) is 14.4 Å². The number of hydrogen-bond acceptors (Lipinski definition) is 12. The molecular formula is C32H37N3O11S. The van der Waals surface area contributed by atoms with E-state index in [0.29, 0.717) is 35.4 Å². The fourth-order valence-corrected chi connectivity index (χ4v) is 5.64. The number of pyridine rings is 1. The smallest absolute Gasteiger partial charge is 0.415 e. The second-order valence-electron chi connectivity index (χ2n) is 11.3. The van der Waals surface area contributed by atoms with Crippen LogP contribution in [-0.2, 0) is 30.4 Å². The van der Waals surface area contributed by atoms with Gasteiger partial charge < -0.3 is 38.1 Å². The average Bonchev–Trinajstić information content (AvgIpc) is 3.48. The maximum atomic E-state index is 14.2. The third-order valence-corrected chi connectivity index (χ3v) is 8.21. The lowest BCUT2D eigenvalue weighted by Crippen LogP contribution is -2.33. The number of benzene rings is 3. The summed E-state index contributed by atoms with van der Waals surface area (Å²) in [6, 6.07) is 10.9. The maximum Gasteiger partial charge on any atom is 0.415 e. The van der Waals surface area contributed by atoms with Crippen molar-refractivity contribution < 1.29 is 45.9 Å². The number of rotatable bonds is 13. The summed E-state index contributed by atoms with van der Waals surface area (Å²) in [5.41, 5.74) is 0.478. The molecule has 0 atom stereocenters. The van der Waals surface area contributed by atoms with E-state index in [-0.39, 0.29) is 56.5 Å². The minimum Gasteiger partial charge on any atom is -0.493 e. The van der Waals surface area contributed by atoms with E-state index in [1.165, 1.54) is 25.1 Å². The molecule has 0 saturated carbocycles. The lowest BCUT2D eigenvalue weighted by atomic mass is 10.00. The molecule has 1 aliphatic rings. The predicted molar refractivity (Wildman–Crippen MR) is 174 cm³/mol. The fourth-order valence-electron chi connectivity index (χ4n) is 5.22. The van der Waals surface area contributed by atoms with Crippen molar-refractivity contribution in [2.24, 2.45) is 0 Å². The Kier molecular flexibility index (Phi) is 10.1. The molecule has 1 amide bonds. The zero-order valence-corrected chi connectivity index (χ0v) is 27.7. The van der Waals surface area contributed by atoms with Gasteiger partial charge in [-0.25, -0.2) is 4.79 Å². The van der Waals surface area contributed by atoms with Gasteiger partial charge in [0.05, 0.1) is 37.4 Å². The standard InChI is InChI=1S/C32H37N3O11S/c1-33(2)10-11-35-30-21(9-8-20-15-26-27(16-22(20)30)44-19-43-26)23-17-25(41-4)28(18-24(23)31(35)37)46-32(38)34(3)12-14-42-29(36)7-6-13-45-47(5,39)40/h8-9,15-18H,6-7,10-14,19H2,1-5H3. The highest BCUT2D eigenvalue weighted by atomic mass is 32.2. The van der Waals surface area contributed by atoms with Crippen LogP contribution in [0.25, 0.3) is 32.4 Å². The Balaban J connectivity index is 1.41. The molecule has 0 N–H and O–H groups in total. The van der Waals surface area contributed by atoms with Crippen molar-refractivity contribution in [3.63, 3.8) is 0 Å². The van der Waals surface area contributed by atoms with Crippen LogP contribution in [0, 0.1) is 0 Å². The van der Waals surface area contributed by atoms with Crippen molar-refractivity contribution in [3.05, 3.63) is 46.8 Å². The van der Waals surface area contributed by atoms with Crippen molar-refractivity contribution in [2.45, 2.75) is 19.4 Å². The second-order valence-corrected chi connectivity index (χ2v) is 13.0. The summed E-state index contributed by atoms with van der Waals surface area (Å²) in [5, 5.41) is 3.51. The number of likely N-dealkylation sites (N-methyl/N-ethyl adjacent to an activating group) is 2. The van der Waals surface area contributed by atoms with E-state index in [1.54, 1.807) is 10.6 Å². The van der Waals surface area contributed by atoms with E-state index in [4.69, 9.17) is 23.7 Å². The number of esters is 1. The van der Waals surface area contributed by atoms with E-state index in [1.807, 2.05) is 43.3 Å². The average molecular weight is 672 g/mol. The summed E-state index contributed by atoms with van der Waals surface area (Å²) >= 11 is 0. The molecular weight excluding hydrogens is 634 g/mol. The molecule has 4 aromatic rings. The molecule has 0 fully saturated rings. The van der Waals surface area contributed by atoms with Gasteiger partial charge in [0, 0.05) is 42.7 Å². The summed E-state index contributed by atoms with van der Waals surface area (Å²) < 4.78 is 56.0. The van der Waals surface area contributed by atoms with Crippen LogP contribution in [0.3, 0.4) is 0 Å². The molecule has 0 aliphatic carbocycles. The number of aromatic nitrogens is 1.